The lowest BCUT2D eigenvalue weighted by Crippen LogP contribution is -2.43. The Kier molecular flexibility index (Phi) is 3.51. The molecule has 4 nitrogen and oxygen atoms in total. The summed E-state index contributed by atoms with van der Waals surface area (Å²) in [6.45, 7) is 4.97. The first kappa shape index (κ1) is 10.8. The van der Waals surface area contributed by atoms with Gasteiger partial charge in [-0.25, -0.2) is 0 Å². The molecule has 2 aliphatic rings. The molecule has 15 heavy (non-hydrogen) atoms. The van der Waals surface area contributed by atoms with Crippen molar-refractivity contribution in [1.29, 1.82) is 0 Å². The fraction of sp³-hybridized carbons (Fsp3) is 0.727. The van der Waals surface area contributed by atoms with Crippen molar-refractivity contribution in [1.82, 2.24) is 0 Å². The smallest absolute Gasteiger partial charge is 0.166 e. The number of aliphatic imine (C=N–C) groups is 1. The highest BCUT2D eigenvalue weighted by Crippen LogP contribution is 2.30. The lowest BCUT2D eigenvalue weighted by atomic mass is 9.94. The van der Waals surface area contributed by atoms with Gasteiger partial charge in [0.1, 0.15) is 0 Å². The van der Waals surface area contributed by atoms with Gasteiger partial charge in [0.05, 0.1) is 19.3 Å². The molecule has 84 valence electrons. The molecule has 0 saturated carbocycles. The molecule has 0 unspecified atom stereocenters. The van der Waals surface area contributed by atoms with Crippen LogP contribution in [0.2, 0.25) is 0 Å². The van der Waals surface area contributed by atoms with Gasteiger partial charge in [0.2, 0.25) is 0 Å². The van der Waals surface area contributed by atoms with Crippen LogP contribution in [-0.4, -0.2) is 43.0 Å². The van der Waals surface area contributed by atoms with Crippen molar-refractivity contribution in [3.05, 3.63) is 12.7 Å². The maximum absolute atomic E-state index is 9.10. The minimum atomic E-state index is -0.254. The second-order valence-corrected chi connectivity index (χ2v) is 3.90. The molecule has 2 heterocycles. The van der Waals surface area contributed by atoms with Crippen molar-refractivity contribution < 1.29 is 14.6 Å². The Morgan fingerprint density at radius 1 is 1.67 bits per heavy atom. The molecule has 1 saturated heterocycles. The summed E-state index contributed by atoms with van der Waals surface area (Å²) in [5.74, 6) is 0.285. The number of rotatable bonds is 4. The number of ether oxygens (including phenoxy) is 2. The maximum atomic E-state index is 9.10. The normalized spacial score (nSPS) is 34.7. The van der Waals surface area contributed by atoms with Gasteiger partial charge in [-0.3, -0.25) is 4.99 Å². The zero-order valence-corrected chi connectivity index (χ0v) is 8.76. The number of aliphatic hydroxyl groups is 1. The van der Waals surface area contributed by atoms with Crippen molar-refractivity contribution in [2.24, 2.45) is 10.9 Å². The average molecular weight is 211 g/mol. The molecule has 0 radical (unpaired) electrons. The van der Waals surface area contributed by atoms with Gasteiger partial charge in [0.25, 0.3) is 0 Å². The van der Waals surface area contributed by atoms with Gasteiger partial charge in [0, 0.05) is 24.6 Å². The Balaban J connectivity index is 2.01. The Morgan fingerprint density at radius 3 is 3.27 bits per heavy atom. The molecule has 1 fully saturated rings. The van der Waals surface area contributed by atoms with Gasteiger partial charge < -0.3 is 14.6 Å². The lowest BCUT2D eigenvalue weighted by molar-refractivity contribution is -0.195. The van der Waals surface area contributed by atoms with Crippen LogP contribution < -0.4 is 0 Å². The minimum Gasteiger partial charge on any atom is -0.394 e. The Hall–Kier alpha value is -0.710. The van der Waals surface area contributed by atoms with Crippen LogP contribution >= 0.6 is 0 Å². The van der Waals surface area contributed by atoms with Crippen molar-refractivity contribution in [2.45, 2.75) is 25.2 Å². The zero-order chi connectivity index (χ0) is 10.7. The quantitative estimate of drug-likeness (QED) is 0.698. The predicted octanol–water partition coefficient (Wildman–Crippen LogP) is 0.757. The van der Waals surface area contributed by atoms with Crippen molar-refractivity contribution in [3.8, 4) is 0 Å². The van der Waals surface area contributed by atoms with Crippen LogP contribution in [0.15, 0.2) is 17.6 Å². The van der Waals surface area contributed by atoms with E-state index < -0.39 is 0 Å². The first-order valence-electron chi connectivity index (χ1n) is 5.37. The lowest BCUT2D eigenvalue weighted by Gasteiger charge is -2.34. The summed E-state index contributed by atoms with van der Waals surface area (Å²) in [7, 11) is 0. The third-order valence-electron chi connectivity index (χ3n) is 2.86. The molecule has 0 amide bonds. The Labute approximate surface area is 89.6 Å². The van der Waals surface area contributed by atoms with Crippen molar-refractivity contribution in [3.63, 3.8) is 0 Å². The second-order valence-electron chi connectivity index (χ2n) is 3.90. The largest absolute Gasteiger partial charge is 0.394 e. The second kappa shape index (κ2) is 4.88. The summed E-state index contributed by atoms with van der Waals surface area (Å²) in [5, 5.41) is 9.10. The molecule has 2 rings (SSSR count). The topological polar surface area (TPSA) is 51.0 Å². The van der Waals surface area contributed by atoms with E-state index in [4.69, 9.17) is 14.6 Å². The molecule has 0 aromatic heterocycles. The summed E-state index contributed by atoms with van der Waals surface area (Å²) in [6.07, 6.45) is 3.03. The van der Waals surface area contributed by atoms with E-state index in [0.717, 1.165) is 25.1 Å². The van der Waals surface area contributed by atoms with Crippen LogP contribution in [0.3, 0.4) is 0 Å². The van der Waals surface area contributed by atoms with Gasteiger partial charge in [0.15, 0.2) is 6.29 Å². The molecule has 0 aromatic rings. The first-order chi connectivity index (χ1) is 7.35. The highest BCUT2D eigenvalue weighted by Gasteiger charge is 2.38. The maximum Gasteiger partial charge on any atom is 0.166 e. The summed E-state index contributed by atoms with van der Waals surface area (Å²) in [4.78, 5) is 4.43. The molecule has 1 N–H and O–H groups in total. The van der Waals surface area contributed by atoms with E-state index in [1.54, 1.807) is 6.08 Å². The third kappa shape index (κ3) is 2.27. The van der Waals surface area contributed by atoms with E-state index in [-0.39, 0.29) is 24.9 Å². The van der Waals surface area contributed by atoms with Gasteiger partial charge in [-0.15, -0.1) is 6.58 Å². The highest BCUT2D eigenvalue weighted by molar-refractivity contribution is 5.89. The fourth-order valence-electron chi connectivity index (χ4n) is 2.13. The van der Waals surface area contributed by atoms with Gasteiger partial charge in [-0.05, 0) is 6.42 Å². The standard InChI is InChI=1S/C11H17NO3/c1-2-5-14-11-9-3-4-12-10(9)6-8(7-13)15-11/h2,8-9,11,13H,1,3-7H2/t8-,9+,11-/m0/s1. The van der Waals surface area contributed by atoms with Crippen molar-refractivity contribution in [2.75, 3.05) is 19.8 Å². The predicted molar refractivity (Wildman–Crippen MR) is 56.9 cm³/mol. The molecule has 2 aliphatic heterocycles. The van der Waals surface area contributed by atoms with E-state index in [0.29, 0.717) is 6.61 Å². The van der Waals surface area contributed by atoms with E-state index in [1.807, 2.05) is 0 Å². The van der Waals surface area contributed by atoms with Gasteiger partial charge in [-0.2, -0.15) is 0 Å². The number of hydrogen-bond donors (Lipinski definition) is 1. The molecule has 0 aromatic carbocycles. The van der Waals surface area contributed by atoms with Crippen LogP contribution in [0.5, 0.6) is 0 Å². The Morgan fingerprint density at radius 2 is 2.53 bits per heavy atom. The van der Waals surface area contributed by atoms with E-state index in [1.165, 1.54) is 0 Å². The van der Waals surface area contributed by atoms with Crippen LogP contribution in [0, 0.1) is 5.92 Å². The van der Waals surface area contributed by atoms with Crippen LogP contribution in [0.1, 0.15) is 12.8 Å². The molecular formula is C11H17NO3. The monoisotopic (exact) mass is 211 g/mol. The first-order valence-corrected chi connectivity index (χ1v) is 5.37. The van der Waals surface area contributed by atoms with E-state index in [2.05, 4.69) is 11.6 Å². The Bertz CT molecular complexity index is 265. The molecule has 4 heteroatoms. The van der Waals surface area contributed by atoms with E-state index in [9.17, 15) is 0 Å². The van der Waals surface area contributed by atoms with Crippen LogP contribution in [0.25, 0.3) is 0 Å². The molecule has 0 aliphatic carbocycles. The molecule has 0 bridgehead atoms. The summed E-state index contributed by atoms with van der Waals surface area (Å²) in [6, 6.07) is 0. The summed E-state index contributed by atoms with van der Waals surface area (Å²) in [5.41, 5.74) is 1.15. The zero-order valence-electron chi connectivity index (χ0n) is 8.76. The average Bonchev–Trinajstić information content (AvgIpc) is 2.73. The van der Waals surface area contributed by atoms with E-state index >= 15 is 0 Å². The highest BCUT2D eigenvalue weighted by atomic mass is 16.7. The third-order valence-corrected chi connectivity index (χ3v) is 2.86. The van der Waals surface area contributed by atoms with Crippen LogP contribution in [0.4, 0.5) is 0 Å². The number of hydrogen-bond acceptors (Lipinski definition) is 4. The number of fused-ring (bicyclic) bond motifs is 1. The fourth-order valence-corrected chi connectivity index (χ4v) is 2.13. The summed E-state index contributed by atoms with van der Waals surface area (Å²) >= 11 is 0. The van der Waals surface area contributed by atoms with Crippen molar-refractivity contribution >= 4 is 5.71 Å². The molecular weight excluding hydrogens is 194 g/mol. The molecule has 3 atom stereocenters. The number of aliphatic hydroxyl groups excluding tert-OH is 1. The SMILES string of the molecule is C=CCO[C@H]1O[C@H](CO)CC2=NCC[C@H]21. The van der Waals surface area contributed by atoms with Gasteiger partial charge in [-0.1, -0.05) is 6.08 Å². The minimum absolute atomic E-state index is 0.0275. The number of nitrogens with zero attached hydrogens (tertiary/aromatic N) is 1. The van der Waals surface area contributed by atoms with Crippen LogP contribution in [-0.2, 0) is 9.47 Å². The molecule has 0 spiro atoms. The summed E-state index contributed by atoms with van der Waals surface area (Å²) < 4.78 is 11.2. The van der Waals surface area contributed by atoms with Gasteiger partial charge >= 0.3 is 0 Å².